The summed E-state index contributed by atoms with van der Waals surface area (Å²) < 4.78 is 14.0. The Hall–Kier alpha value is -1.79. The highest BCUT2D eigenvalue weighted by Gasteiger charge is 2.31. The first kappa shape index (κ1) is 17.6. The fourth-order valence-electron chi connectivity index (χ4n) is 3.01. The Morgan fingerprint density at radius 2 is 2.22 bits per heavy atom. The molecule has 0 aromatic heterocycles. The topological polar surface area (TPSA) is 78.4 Å². The number of ketones is 1. The zero-order valence-electron chi connectivity index (χ0n) is 13.5. The number of benzene rings is 1. The SMILES string of the molecule is CC(=O)Nc1cc(F)c(C)c2c1C(=O)C(CNCCCO)CC2. The Morgan fingerprint density at radius 3 is 2.87 bits per heavy atom. The number of rotatable bonds is 6. The lowest BCUT2D eigenvalue weighted by Gasteiger charge is -2.27. The highest BCUT2D eigenvalue weighted by atomic mass is 19.1. The van der Waals surface area contributed by atoms with Crippen LogP contribution in [0.5, 0.6) is 0 Å². The van der Waals surface area contributed by atoms with Crippen LogP contribution in [-0.2, 0) is 11.2 Å². The summed E-state index contributed by atoms with van der Waals surface area (Å²) in [5, 5.41) is 14.5. The van der Waals surface area contributed by atoms with Gasteiger partial charge in [0, 0.05) is 31.6 Å². The molecule has 2 rings (SSSR count). The van der Waals surface area contributed by atoms with E-state index in [2.05, 4.69) is 10.6 Å². The normalized spacial score (nSPS) is 17.0. The molecule has 0 fully saturated rings. The Kier molecular flexibility index (Phi) is 5.85. The fraction of sp³-hybridized carbons (Fsp3) is 0.529. The first-order valence-electron chi connectivity index (χ1n) is 7.91. The average Bonchev–Trinajstić information content (AvgIpc) is 2.49. The van der Waals surface area contributed by atoms with Gasteiger partial charge in [0.15, 0.2) is 5.78 Å². The maximum atomic E-state index is 14.0. The second-order valence-electron chi connectivity index (χ2n) is 5.95. The van der Waals surface area contributed by atoms with Crippen molar-refractivity contribution < 1.29 is 19.1 Å². The van der Waals surface area contributed by atoms with Crippen LogP contribution in [-0.4, -0.2) is 36.5 Å². The van der Waals surface area contributed by atoms with Crippen LogP contribution < -0.4 is 10.6 Å². The molecule has 3 N–H and O–H groups in total. The van der Waals surface area contributed by atoms with Crippen LogP contribution in [0.1, 0.15) is 41.3 Å². The fourth-order valence-corrected chi connectivity index (χ4v) is 3.01. The minimum absolute atomic E-state index is 0.0606. The Balaban J connectivity index is 2.27. The second-order valence-corrected chi connectivity index (χ2v) is 5.95. The van der Waals surface area contributed by atoms with Gasteiger partial charge in [-0.15, -0.1) is 0 Å². The third kappa shape index (κ3) is 3.95. The summed E-state index contributed by atoms with van der Waals surface area (Å²) in [6.07, 6.45) is 1.91. The molecule has 5 nitrogen and oxygen atoms in total. The van der Waals surface area contributed by atoms with Gasteiger partial charge in [0.05, 0.1) is 5.69 Å². The summed E-state index contributed by atoms with van der Waals surface area (Å²) in [5.41, 5.74) is 1.89. The molecule has 126 valence electrons. The van der Waals surface area contributed by atoms with E-state index < -0.39 is 5.82 Å². The van der Waals surface area contributed by atoms with E-state index in [4.69, 9.17) is 5.11 Å². The molecule has 6 heteroatoms. The molecule has 1 aliphatic rings. The molecule has 1 aromatic rings. The molecule has 0 saturated carbocycles. The number of hydrogen-bond acceptors (Lipinski definition) is 4. The summed E-state index contributed by atoms with van der Waals surface area (Å²) in [6.45, 7) is 4.28. The minimum atomic E-state index is -0.403. The monoisotopic (exact) mass is 322 g/mol. The van der Waals surface area contributed by atoms with Gasteiger partial charge in [0.25, 0.3) is 0 Å². The van der Waals surface area contributed by atoms with Gasteiger partial charge in [-0.25, -0.2) is 4.39 Å². The van der Waals surface area contributed by atoms with Crippen LogP contribution in [0.2, 0.25) is 0 Å². The van der Waals surface area contributed by atoms with Crippen LogP contribution in [0.4, 0.5) is 10.1 Å². The molecule has 0 saturated heterocycles. The third-order valence-electron chi connectivity index (χ3n) is 4.23. The Labute approximate surface area is 135 Å². The van der Waals surface area contributed by atoms with Gasteiger partial charge in [-0.2, -0.15) is 0 Å². The number of Topliss-reactive ketones (excluding diaryl/α,β-unsaturated/α-hetero) is 1. The number of hydrogen-bond donors (Lipinski definition) is 3. The number of aliphatic hydroxyl groups excluding tert-OH is 1. The molecule has 0 spiro atoms. The van der Waals surface area contributed by atoms with Crippen molar-refractivity contribution in [3.8, 4) is 0 Å². The first-order valence-corrected chi connectivity index (χ1v) is 7.91. The molecule has 0 radical (unpaired) electrons. The molecule has 1 aromatic carbocycles. The molecule has 0 heterocycles. The van der Waals surface area contributed by atoms with Crippen LogP contribution in [0.3, 0.4) is 0 Å². The maximum absolute atomic E-state index is 14.0. The van der Waals surface area contributed by atoms with E-state index in [-0.39, 0.29) is 29.9 Å². The number of amides is 1. The van der Waals surface area contributed by atoms with Gasteiger partial charge in [-0.1, -0.05) is 0 Å². The number of carbonyl (C=O) groups is 2. The molecule has 1 amide bonds. The van der Waals surface area contributed by atoms with Gasteiger partial charge in [0.2, 0.25) is 5.91 Å². The van der Waals surface area contributed by atoms with Crippen molar-refractivity contribution in [2.75, 3.05) is 25.0 Å². The quantitative estimate of drug-likeness (QED) is 0.698. The molecule has 0 bridgehead atoms. The largest absolute Gasteiger partial charge is 0.396 e. The number of halogens is 1. The third-order valence-corrected chi connectivity index (χ3v) is 4.23. The predicted octanol–water partition coefficient (Wildman–Crippen LogP) is 1.81. The molecular weight excluding hydrogens is 299 g/mol. The van der Waals surface area contributed by atoms with E-state index in [1.54, 1.807) is 6.92 Å². The summed E-state index contributed by atoms with van der Waals surface area (Å²) in [7, 11) is 0. The first-order chi connectivity index (χ1) is 11.0. The summed E-state index contributed by atoms with van der Waals surface area (Å²) in [6, 6.07) is 1.23. The van der Waals surface area contributed by atoms with Crippen LogP contribution in [0, 0.1) is 18.7 Å². The lowest BCUT2D eigenvalue weighted by molar-refractivity contribution is -0.114. The van der Waals surface area contributed by atoms with Gasteiger partial charge in [-0.05, 0) is 49.9 Å². The number of fused-ring (bicyclic) bond motifs is 1. The number of nitrogens with one attached hydrogen (secondary N) is 2. The van der Waals surface area contributed by atoms with Crippen LogP contribution in [0.15, 0.2) is 6.07 Å². The van der Waals surface area contributed by atoms with E-state index in [0.29, 0.717) is 49.0 Å². The standard InChI is InChI=1S/C17H23FN2O3/c1-10-13-5-4-12(9-19-6-3-7-21)17(23)16(13)15(8-14(10)18)20-11(2)22/h8,12,19,21H,3-7,9H2,1-2H3,(H,20,22). The van der Waals surface area contributed by atoms with Gasteiger partial charge < -0.3 is 15.7 Å². The van der Waals surface area contributed by atoms with Crippen molar-refractivity contribution in [2.24, 2.45) is 5.92 Å². The Bertz CT molecular complexity index is 616. The highest BCUT2D eigenvalue weighted by Crippen LogP contribution is 2.34. The minimum Gasteiger partial charge on any atom is -0.396 e. The van der Waals surface area contributed by atoms with Gasteiger partial charge >= 0.3 is 0 Å². The lowest BCUT2D eigenvalue weighted by atomic mass is 9.79. The highest BCUT2D eigenvalue weighted by molar-refractivity contribution is 6.08. The molecule has 1 atom stereocenters. The number of anilines is 1. The summed E-state index contributed by atoms with van der Waals surface area (Å²) in [5.74, 6) is -0.987. The second kappa shape index (κ2) is 7.66. The summed E-state index contributed by atoms with van der Waals surface area (Å²) >= 11 is 0. The van der Waals surface area contributed by atoms with Crippen molar-refractivity contribution in [2.45, 2.75) is 33.1 Å². The van der Waals surface area contributed by atoms with Crippen LogP contribution in [0.25, 0.3) is 0 Å². The Morgan fingerprint density at radius 1 is 1.48 bits per heavy atom. The smallest absolute Gasteiger partial charge is 0.221 e. The summed E-state index contributed by atoms with van der Waals surface area (Å²) in [4.78, 5) is 24.1. The van der Waals surface area contributed by atoms with E-state index in [1.807, 2.05) is 0 Å². The van der Waals surface area contributed by atoms with Crippen LogP contribution >= 0.6 is 0 Å². The maximum Gasteiger partial charge on any atom is 0.221 e. The zero-order chi connectivity index (χ0) is 17.0. The number of aliphatic hydroxyl groups is 1. The molecule has 1 aliphatic carbocycles. The predicted molar refractivity (Wildman–Crippen MR) is 86.2 cm³/mol. The lowest BCUT2D eigenvalue weighted by Crippen LogP contribution is -2.34. The van der Waals surface area contributed by atoms with E-state index in [1.165, 1.54) is 13.0 Å². The molecule has 1 unspecified atom stereocenters. The van der Waals surface area contributed by atoms with Crippen molar-refractivity contribution in [3.63, 3.8) is 0 Å². The molecule has 0 aliphatic heterocycles. The zero-order valence-corrected chi connectivity index (χ0v) is 13.5. The van der Waals surface area contributed by atoms with Gasteiger partial charge in [-0.3, -0.25) is 9.59 Å². The van der Waals surface area contributed by atoms with Crippen molar-refractivity contribution in [1.82, 2.24) is 5.32 Å². The molecule has 23 heavy (non-hydrogen) atoms. The van der Waals surface area contributed by atoms with Crippen molar-refractivity contribution >= 4 is 17.4 Å². The van der Waals surface area contributed by atoms with E-state index in [9.17, 15) is 14.0 Å². The average molecular weight is 322 g/mol. The van der Waals surface area contributed by atoms with Crippen molar-refractivity contribution in [3.05, 3.63) is 28.6 Å². The van der Waals surface area contributed by atoms with Gasteiger partial charge in [0.1, 0.15) is 5.82 Å². The van der Waals surface area contributed by atoms with E-state index >= 15 is 0 Å². The van der Waals surface area contributed by atoms with Crippen molar-refractivity contribution in [1.29, 1.82) is 0 Å². The number of carbonyl (C=O) groups excluding carboxylic acids is 2. The van der Waals surface area contributed by atoms with E-state index in [0.717, 1.165) is 0 Å². The molecular formula is C17H23FN2O3.